The quantitative estimate of drug-likeness (QED) is 0.885. The minimum Gasteiger partial charge on any atom is -0.207 e. The maximum atomic E-state index is 13.6. The van der Waals surface area contributed by atoms with E-state index in [0.717, 1.165) is 24.3 Å². The molecule has 8 heteroatoms. The van der Waals surface area contributed by atoms with Gasteiger partial charge in [-0.3, -0.25) is 0 Å². The molecule has 0 unspecified atom stereocenters. The summed E-state index contributed by atoms with van der Waals surface area (Å²) in [5.74, 6) is -3.02. The second-order valence-corrected chi connectivity index (χ2v) is 6.80. The van der Waals surface area contributed by atoms with Crippen molar-refractivity contribution in [3.05, 3.63) is 63.9 Å². The number of sulfonamides is 1. The summed E-state index contributed by atoms with van der Waals surface area (Å²) >= 11 is 3.02. The highest BCUT2D eigenvalue weighted by Gasteiger charge is 2.19. The van der Waals surface area contributed by atoms with Crippen LogP contribution in [0.3, 0.4) is 0 Å². The van der Waals surface area contributed by atoms with Gasteiger partial charge < -0.3 is 0 Å². The molecule has 0 bridgehead atoms. The van der Waals surface area contributed by atoms with Crippen molar-refractivity contribution in [1.82, 2.24) is 4.72 Å². The van der Waals surface area contributed by atoms with Gasteiger partial charge in [0, 0.05) is 11.0 Å². The van der Waals surface area contributed by atoms with Gasteiger partial charge in [-0.2, -0.15) is 0 Å². The molecule has 3 nitrogen and oxygen atoms in total. The molecule has 0 aliphatic rings. The largest absolute Gasteiger partial charge is 0.243 e. The van der Waals surface area contributed by atoms with E-state index in [4.69, 9.17) is 0 Å². The lowest BCUT2D eigenvalue weighted by Crippen LogP contribution is -2.24. The van der Waals surface area contributed by atoms with Gasteiger partial charge in [-0.25, -0.2) is 26.3 Å². The van der Waals surface area contributed by atoms with Crippen molar-refractivity contribution in [2.24, 2.45) is 0 Å². The third-order valence-electron chi connectivity index (χ3n) is 2.63. The molecule has 0 atom stereocenters. The van der Waals surface area contributed by atoms with Gasteiger partial charge in [-0.05, 0) is 35.9 Å². The Bertz CT molecular complexity index is 781. The molecule has 1 N–H and O–H groups in total. The van der Waals surface area contributed by atoms with Crippen LogP contribution in [0.1, 0.15) is 5.56 Å². The average Bonchev–Trinajstić information content (AvgIpc) is 2.40. The standard InChI is InChI=1S/C13H9BrF3NO2S/c14-9-2-4-13(12(17)6-9)21(19,20)18-7-8-1-3-10(15)11(16)5-8/h1-6,18H,7H2. The van der Waals surface area contributed by atoms with Gasteiger partial charge in [-0.1, -0.05) is 22.0 Å². The van der Waals surface area contributed by atoms with E-state index in [1.165, 1.54) is 12.1 Å². The van der Waals surface area contributed by atoms with Crippen molar-refractivity contribution in [2.75, 3.05) is 0 Å². The molecule has 21 heavy (non-hydrogen) atoms. The fourth-order valence-corrected chi connectivity index (χ4v) is 3.01. The number of nitrogens with one attached hydrogen (secondary N) is 1. The van der Waals surface area contributed by atoms with Gasteiger partial charge in [-0.15, -0.1) is 0 Å². The molecule has 0 aliphatic heterocycles. The summed E-state index contributed by atoms with van der Waals surface area (Å²) in [6, 6.07) is 6.50. The van der Waals surface area contributed by atoms with E-state index in [-0.39, 0.29) is 12.1 Å². The van der Waals surface area contributed by atoms with E-state index < -0.39 is 32.4 Å². The molecule has 0 amide bonds. The SMILES string of the molecule is O=S(=O)(NCc1ccc(F)c(F)c1)c1ccc(Br)cc1F. The highest BCUT2D eigenvalue weighted by molar-refractivity contribution is 9.10. The summed E-state index contributed by atoms with van der Waals surface area (Å²) < 4.78 is 65.8. The van der Waals surface area contributed by atoms with Gasteiger partial charge in [0.15, 0.2) is 11.6 Å². The molecule has 2 aromatic rings. The number of hydrogen-bond acceptors (Lipinski definition) is 2. The lowest BCUT2D eigenvalue weighted by atomic mass is 10.2. The van der Waals surface area contributed by atoms with Crippen molar-refractivity contribution < 1.29 is 21.6 Å². The monoisotopic (exact) mass is 379 g/mol. The predicted octanol–water partition coefficient (Wildman–Crippen LogP) is 3.34. The fourth-order valence-electron chi connectivity index (χ4n) is 1.60. The molecule has 0 saturated heterocycles. The molecule has 0 heterocycles. The molecule has 112 valence electrons. The van der Waals surface area contributed by atoms with Crippen molar-refractivity contribution in [2.45, 2.75) is 11.4 Å². The Balaban J connectivity index is 2.19. The van der Waals surface area contributed by atoms with Crippen LogP contribution in [-0.4, -0.2) is 8.42 Å². The lowest BCUT2D eigenvalue weighted by Gasteiger charge is -2.08. The number of benzene rings is 2. The number of halogens is 4. The van der Waals surface area contributed by atoms with Gasteiger partial charge in [0.25, 0.3) is 0 Å². The van der Waals surface area contributed by atoms with Crippen molar-refractivity contribution in [3.8, 4) is 0 Å². The van der Waals surface area contributed by atoms with E-state index in [1.807, 2.05) is 0 Å². The number of hydrogen-bond donors (Lipinski definition) is 1. The fraction of sp³-hybridized carbons (Fsp3) is 0.0769. The average molecular weight is 380 g/mol. The van der Waals surface area contributed by atoms with Crippen LogP contribution in [0.2, 0.25) is 0 Å². The van der Waals surface area contributed by atoms with E-state index in [2.05, 4.69) is 20.7 Å². The molecule has 0 fully saturated rings. The van der Waals surface area contributed by atoms with E-state index in [9.17, 15) is 21.6 Å². The molecular formula is C13H9BrF3NO2S. The van der Waals surface area contributed by atoms with E-state index >= 15 is 0 Å². The molecule has 0 saturated carbocycles. The lowest BCUT2D eigenvalue weighted by molar-refractivity contribution is 0.506. The Morgan fingerprint density at radius 3 is 2.29 bits per heavy atom. The Hall–Kier alpha value is -1.38. The topological polar surface area (TPSA) is 46.2 Å². The minimum absolute atomic E-state index is 0.218. The maximum absolute atomic E-state index is 13.6. The van der Waals surface area contributed by atoms with Crippen molar-refractivity contribution >= 4 is 26.0 Å². The Morgan fingerprint density at radius 2 is 1.67 bits per heavy atom. The molecule has 2 rings (SSSR count). The van der Waals surface area contributed by atoms with E-state index in [1.54, 1.807) is 0 Å². The zero-order chi connectivity index (χ0) is 15.6. The van der Waals surface area contributed by atoms with Crippen molar-refractivity contribution in [3.63, 3.8) is 0 Å². The zero-order valence-corrected chi connectivity index (χ0v) is 12.8. The second-order valence-electron chi connectivity index (χ2n) is 4.15. The summed E-state index contributed by atoms with van der Waals surface area (Å²) in [4.78, 5) is -0.520. The van der Waals surface area contributed by atoms with Gasteiger partial charge in [0.05, 0.1) is 0 Å². The van der Waals surface area contributed by atoms with Crippen LogP contribution in [0.25, 0.3) is 0 Å². The Kier molecular flexibility index (Phi) is 4.70. The highest BCUT2D eigenvalue weighted by atomic mass is 79.9. The zero-order valence-electron chi connectivity index (χ0n) is 10.4. The normalized spacial score (nSPS) is 11.6. The van der Waals surface area contributed by atoms with Crippen LogP contribution in [0, 0.1) is 17.5 Å². The highest BCUT2D eigenvalue weighted by Crippen LogP contribution is 2.19. The number of rotatable bonds is 4. The van der Waals surface area contributed by atoms with Gasteiger partial charge in [0.2, 0.25) is 10.0 Å². The molecule has 0 aromatic heterocycles. The third kappa shape index (κ3) is 3.84. The maximum Gasteiger partial charge on any atom is 0.243 e. The van der Waals surface area contributed by atoms with Crippen LogP contribution in [0.15, 0.2) is 45.8 Å². The molecule has 2 aromatic carbocycles. The smallest absolute Gasteiger partial charge is 0.207 e. The molecule has 0 radical (unpaired) electrons. The van der Waals surface area contributed by atoms with Crippen LogP contribution in [0.5, 0.6) is 0 Å². The third-order valence-corrected chi connectivity index (χ3v) is 4.56. The Labute approximate surface area is 128 Å². The van der Waals surface area contributed by atoms with Crippen LogP contribution in [-0.2, 0) is 16.6 Å². The first-order valence-corrected chi connectivity index (χ1v) is 7.96. The summed E-state index contributed by atoms with van der Waals surface area (Å²) in [5, 5.41) is 0. The van der Waals surface area contributed by atoms with Crippen LogP contribution < -0.4 is 4.72 Å². The summed E-state index contributed by atoms with van der Waals surface area (Å²) in [7, 11) is -4.09. The summed E-state index contributed by atoms with van der Waals surface area (Å²) in [6.07, 6.45) is 0. The van der Waals surface area contributed by atoms with Crippen LogP contribution in [0.4, 0.5) is 13.2 Å². The van der Waals surface area contributed by atoms with Gasteiger partial charge in [0.1, 0.15) is 10.7 Å². The predicted molar refractivity (Wildman–Crippen MR) is 74.5 cm³/mol. The first-order chi connectivity index (χ1) is 9.79. The molecule has 0 aliphatic carbocycles. The first kappa shape index (κ1) is 16.0. The van der Waals surface area contributed by atoms with Gasteiger partial charge >= 0.3 is 0 Å². The first-order valence-electron chi connectivity index (χ1n) is 5.68. The molecular weight excluding hydrogens is 371 g/mol. The van der Waals surface area contributed by atoms with Crippen molar-refractivity contribution in [1.29, 1.82) is 0 Å². The summed E-state index contributed by atoms with van der Waals surface area (Å²) in [6.45, 7) is -0.283. The molecule has 0 spiro atoms. The van der Waals surface area contributed by atoms with E-state index in [0.29, 0.717) is 4.47 Å². The second kappa shape index (κ2) is 6.17. The summed E-state index contributed by atoms with van der Waals surface area (Å²) in [5.41, 5.74) is 0.218. The Morgan fingerprint density at radius 1 is 0.952 bits per heavy atom. The minimum atomic E-state index is -4.09. The van der Waals surface area contributed by atoms with Crippen LogP contribution >= 0.6 is 15.9 Å².